The lowest BCUT2D eigenvalue weighted by atomic mass is 10.2. The molecule has 1 atom stereocenters. The number of rotatable bonds is 2. The third kappa shape index (κ3) is 5.05. The van der Waals surface area contributed by atoms with Crippen LogP contribution >= 0.6 is 11.8 Å². The molecule has 120 valence electrons. The quantitative estimate of drug-likeness (QED) is 0.832. The van der Waals surface area contributed by atoms with E-state index in [1.54, 1.807) is 4.90 Å². The SMILES string of the molecule is CC(C)(C)OC(=O)N1CCCC(=O)C(Sc2ccccc2)C1. The molecule has 0 saturated carbocycles. The molecule has 0 spiro atoms. The van der Waals surface area contributed by atoms with E-state index in [1.165, 1.54) is 11.8 Å². The van der Waals surface area contributed by atoms with Crippen LogP contribution in [0.25, 0.3) is 0 Å². The molecule has 4 nitrogen and oxygen atoms in total. The number of hydrogen-bond donors (Lipinski definition) is 0. The van der Waals surface area contributed by atoms with Crippen LogP contribution < -0.4 is 0 Å². The van der Waals surface area contributed by atoms with Gasteiger partial charge in [0.05, 0.1) is 5.25 Å². The average molecular weight is 321 g/mol. The fourth-order valence-corrected chi connectivity index (χ4v) is 3.40. The lowest BCUT2D eigenvalue weighted by molar-refractivity contribution is -0.118. The van der Waals surface area contributed by atoms with Crippen LogP contribution in [0.2, 0.25) is 0 Å². The number of carbonyl (C=O) groups is 2. The van der Waals surface area contributed by atoms with E-state index in [0.29, 0.717) is 25.9 Å². The van der Waals surface area contributed by atoms with E-state index < -0.39 is 5.60 Å². The predicted molar refractivity (Wildman–Crippen MR) is 88.1 cm³/mol. The average Bonchev–Trinajstić information content (AvgIpc) is 2.61. The van der Waals surface area contributed by atoms with E-state index in [1.807, 2.05) is 51.1 Å². The highest BCUT2D eigenvalue weighted by atomic mass is 32.2. The molecule has 0 radical (unpaired) electrons. The Morgan fingerprint density at radius 2 is 1.95 bits per heavy atom. The number of hydrogen-bond acceptors (Lipinski definition) is 4. The molecular weight excluding hydrogens is 298 g/mol. The molecule has 22 heavy (non-hydrogen) atoms. The zero-order chi connectivity index (χ0) is 16.2. The fourth-order valence-electron chi connectivity index (χ4n) is 2.26. The van der Waals surface area contributed by atoms with Crippen molar-refractivity contribution in [2.45, 2.75) is 49.4 Å². The third-order valence-corrected chi connectivity index (χ3v) is 4.51. The number of amides is 1. The highest BCUT2D eigenvalue weighted by molar-refractivity contribution is 8.00. The standard InChI is InChI=1S/C17H23NO3S/c1-17(2,3)21-16(20)18-11-7-10-14(19)15(12-18)22-13-8-5-4-6-9-13/h4-6,8-9,15H,7,10-12H2,1-3H3. The third-order valence-electron chi connectivity index (χ3n) is 3.27. The van der Waals surface area contributed by atoms with Gasteiger partial charge in [-0.3, -0.25) is 4.79 Å². The number of nitrogens with zero attached hydrogens (tertiary/aromatic N) is 1. The lowest BCUT2D eigenvalue weighted by Gasteiger charge is -2.27. The first-order chi connectivity index (χ1) is 10.3. The summed E-state index contributed by atoms with van der Waals surface area (Å²) in [5, 5.41) is -0.225. The van der Waals surface area contributed by atoms with Crippen LogP contribution in [0.5, 0.6) is 0 Å². The number of ketones is 1. The van der Waals surface area contributed by atoms with Crippen molar-refractivity contribution in [1.82, 2.24) is 4.90 Å². The van der Waals surface area contributed by atoms with Gasteiger partial charge in [-0.25, -0.2) is 4.79 Å². The first-order valence-corrected chi connectivity index (χ1v) is 8.45. The fraction of sp³-hybridized carbons (Fsp3) is 0.529. The van der Waals surface area contributed by atoms with E-state index in [2.05, 4.69) is 0 Å². The monoisotopic (exact) mass is 321 g/mol. The maximum Gasteiger partial charge on any atom is 0.410 e. The van der Waals surface area contributed by atoms with Crippen LogP contribution in [0.1, 0.15) is 33.6 Å². The van der Waals surface area contributed by atoms with Crippen molar-refractivity contribution in [3.8, 4) is 0 Å². The molecule has 5 heteroatoms. The van der Waals surface area contributed by atoms with Crippen LogP contribution in [-0.4, -0.2) is 40.7 Å². The predicted octanol–water partition coefficient (Wildman–Crippen LogP) is 3.75. The molecule has 0 aromatic heterocycles. The molecular formula is C17H23NO3S. The number of carbonyl (C=O) groups excluding carboxylic acids is 2. The minimum atomic E-state index is -0.518. The number of thioether (sulfide) groups is 1. The molecule has 1 saturated heterocycles. The molecule has 1 fully saturated rings. The molecule has 0 aliphatic carbocycles. The molecule has 1 aliphatic heterocycles. The zero-order valence-electron chi connectivity index (χ0n) is 13.4. The molecule has 1 aromatic rings. The Kier molecular flexibility index (Phi) is 5.51. The van der Waals surface area contributed by atoms with Gasteiger partial charge >= 0.3 is 6.09 Å². The Hall–Kier alpha value is -1.49. The number of likely N-dealkylation sites (tertiary alicyclic amines) is 1. The first kappa shape index (κ1) is 16.9. The highest BCUT2D eigenvalue weighted by Gasteiger charge is 2.30. The second-order valence-corrected chi connectivity index (χ2v) is 7.69. The summed E-state index contributed by atoms with van der Waals surface area (Å²) < 4.78 is 5.43. The molecule has 2 rings (SSSR count). The summed E-state index contributed by atoms with van der Waals surface area (Å²) in [5.74, 6) is 0.208. The Morgan fingerprint density at radius 3 is 2.59 bits per heavy atom. The minimum absolute atomic E-state index is 0.208. The van der Waals surface area contributed by atoms with E-state index in [0.717, 1.165) is 4.90 Å². The smallest absolute Gasteiger partial charge is 0.410 e. The Labute approximate surface area is 136 Å². The van der Waals surface area contributed by atoms with Gasteiger partial charge < -0.3 is 9.64 Å². The van der Waals surface area contributed by atoms with E-state index in [9.17, 15) is 9.59 Å². The first-order valence-electron chi connectivity index (χ1n) is 7.57. The van der Waals surface area contributed by atoms with Gasteiger partial charge in [-0.05, 0) is 39.3 Å². The molecule has 0 N–H and O–H groups in total. The van der Waals surface area contributed by atoms with Crippen molar-refractivity contribution < 1.29 is 14.3 Å². The molecule has 1 unspecified atom stereocenters. The van der Waals surface area contributed by atoms with Gasteiger partial charge in [0, 0.05) is 24.4 Å². The van der Waals surface area contributed by atoms with Gasteiger partial charge in [0.2, 0.25) is 0 Å². The van der Waals surface area contributed by atoms with Crippen LogP contribution in [0.3, 0.4) is 0 Å². The van der Waals surface area contributed by atoms with Gasteiger partial charge in [-0.15, -0.1) is 11.8 Å². The summed E-state index contributed by atoms with van der Waals surface area (Å²) in [6, 6.07) is 9.83. The van der Waals surface area contributed by atoms with Crippen molar-refractivity contribution in [1.29, 1.82) is 0 Å². The lowest BCUT2D eigenvalue weighted by Crippen LogP contribution is -2.40. The zero-order valence-corrected chi connectivity index (χ0v) is 14.2. The second kappa shape index (κ2) is 7.18. The Morgan fingerprint density at radius 1 is 1.27 bits per heavy atom. The number of ether oxygens (including phenoxy) is 1. The van der Waals surface area contributed by atoms with Gasteiger partial charge in [-0.2, -0.15) is 0 Å². The summed E-state index contributed by atoms with van der Waals surface area (Å²) in [6.45, 7) is 6.54. The number of benzene rings is 1. The van der Waals surface area contributed by atoms with Crippen LogP contribution in [-0.2, 0) is 9.53 Å². The summed E-state index contributed by atoms with van der Waals surface area (Å²) in [4.78, 5) is 27.2. The Bertz CT molecular complexity index is 524. The van der Waals surface area contributed by atoms with Crippen molar-refractivity contribution in [2.75, 3.05) is 13.1 Å². The largest absolute Gasteiger partial charge is 0.444 e. The maximum atomic E-state index is 12.3. The summed E-state index contributed by atoms with van der Waals surface area (Å²) >= 11 is 1.53. The number of Topliss-reactive ketones (excluding diaryl/α,β-unsaturated/α-hetero) is 1. The van der Waals surface area contributed by atoms with Crippen molar-refractivity contribution in [3.05, 3.63) is 30.3 Å². The topological polar surface area (TPSA) is 46.6 Å². The van der Waals surface area contributed by atoms with Crippen LogP contribution in [0.4, 0.5) is 4.79 Å². The van der Waals surface area contributed by atoms with Crippen molar-refractivity contribution in [3.63, 3.8) is 0 Å². The van der Waals surface area contributed by atoms with Gasteiger partial charge in [0.15, 0.2) is 0 Å². The van der Waals surface area contributed by atoms with E-state index in [4.69, 9.17) is 4.74 Å². The molecule has 1 aliphatic rings. The van der Waals surface area contributed by atoms with Crippen molar-refractivity contribution in [2.24, 2.45) is 0 Å². The van der Waals surface area contributed by atoms with Crippen LogP contribution in [0, 0.1) is 0 Å². The normalized spacial score (nSPS) is 19.7. The minimum Gasteiger partial charge on any atom is -0.444 e. The summed E-state index contributed by atoms with van der Waals surface area (Å²) in [7, 11) is 0. The van der Waals surface area contributed by atoms with E-state index in [-0.39, 0.29) is 17.1 Å². The molecule has 1 amide bonds. The highest BCUT2D eigenvalue weighted by Crippen LogP contribution is 2.27. The maximum absolute atomic E-state index is 12.3. The van der Waals surface area contributed by atoms with Gasteiger partial charge in [0.25, 0.3) is 0 Å². The Balaban J connectivity index is 2.05. The van der Waals surface area contributed by atoms with Gasteiger partial charge in [0.1, 0.15) is 11.4 Å². The molecule has 1 aromatic carbocycles. The van der Waals surface area contributed by atoms with E-state index >= 15 is 0 Å². The second-order valence-electron chi connectivity index (χ2n) is 6.42. The van der Waals surface area contributed by atoms with Gasteiger partial charge in [-0.1, -0.05) is 18.2 Å². The van der Waals surface area contributed by atoms with Crippen LogP contribution in [0.15, 0.2) is 35.2 Å². The summed E-state index contributed by atoms with van der Waals surface area (Å²) in [5.41, 5.74) is -0.518. The molecule has 1 heterocycles. The summed E-state index contributed by atoms with van der Waals surface area (Å²) in [6.07, 6.45) is 0.883. The van der Waals surface area contributed by atoms with Crippen molar-refractivity contribution >= 4 is 23.6 Å². The molecule has 0 bridgehead atoms.